The van der Waals surface area contributed by atoms with Gasteiger partial charge in [0, 0.05) is 16.1 Å². The van der Waals surface area contributed by atoms with Crippen molar-refractivity contribution in [3.05, 3.63) is 63.6 Å². The summed E-state index contributed by atoms with van der Waals surface area (Å²) in [6, 6.07) is 9.69. The molecule has 2 aromatic rings. The zero-order valence-electron chi connectivity index (χ0n) is 10.8. The number of halogens is 2. The van der Waals surface area contributed by atoms with Crippen LogP contribution in [0.15, 0.2) is 47.4 Å². The molecule has 0 amide bonds. The van der Waals surface area contributed by atoms with Crippen molar-refractivity contribution in [2.24, 2.45) is 0 Å². The van der Waals surface area contributed by atoms with Crippen LogP contribution >= 0.6 is 23.2 Å². The van der Waals surface area contributed by atoms with Crippen LogP contribution in [0.25, 0.3) is 0 Å². The standard InChI is InChI=1S/C13H8Cl2O4S.Na/c14-10-3-1-2-8(6-10)13(16)9-4-5-12(11(15)7-9)20(17,18)19;/h1-7H,(H,17,18,19);/q;+1/p-1. The number of ketones is 1. The van der Waals surface area contributed by atoms with Crippen LogP contribution < -0.4 is 29.6 Å². The van der Waals surface area contributed by atoms with E-state index < -0.39 is 15.0 Å². The normalized spacial score (nSPS) is 10.8. The molecule has 0 unspecified atom stereocenters. The Hall–Kier alpha value is -0.400. The van der Waals surface area contributed by atoms with Crippen LogP contribution in [-0.2, 0) is 10.1 Å². The van der Waals surface area contributed by atoms with Gasteiger partial charge in [0.15, 0.2) is 5.78 Å². The predicted molar refractivity (Wildman–Crippen MR) is 74.3 cm³/mol. The van der Waals surface area contributed by atoms with Gasteiger partial charge in [0.25, 0.3) is 0 Å². The van der Waals surface area contributed by atoms with Gasteiger partial charge >= 0.3 is 29.6 Å². The summed E-state index contributed by atoms with van der Waals surface area (Å²) in [5.74, 6) is -0.371. The molecule has 8 heteroatoms. The Morgan fingerprint density at radius 1 is 1.00 bits per heavy atom. The second kappa shape index (κ2) is 7.24. The molecule has 21 heavy (non-hydrogen) atoms. The second-order valence-electron chi connectivity index (χ2n) is 3.94. The van der Waals surface area contributed by atoms with Crippen LogP contribution in [0.4, 0.5) is 0 Å². The van der Waals surface area contributed by atoms with E-state index in [-0.39, 0.29) is 45.9 Å². The van der Waals surface area contributed by atoms with E-state index in [1.54, 1.807) is 18.2 Å². The second-order valence-corrected chi connectivity index (χ2v) is 6.13. The van der Waals surface area contributed by atoms with E-state index in [2.05, 4.69) is 0 Å². The summed E-state index contributed by atoms with van der Waals surface area (Å²) in [4.78, 5) is 11.6. The maximum Gasteiger partial charge on any atom is 1.00 e. The van der Waals surface area contributed by atoms with Crippen molar-refractivity contribution in [3.8, 4) is 0 Å². The summed E-state index contributed by atoms with van der Waals surface area (Å²) in [5, 5.41) is 0.119. The maximum absolute atomic E-state index is 12.2. The molecule has 0 aliphatic carbocycles. The topological polar surface area (TPSA) is 74.3 Å². The summed E-state index contributed by atoms with van der Waals surface area (Å²) in [7, 11) is -4.66. The molecule has 0 atom stereocenters. The van der Waals surface area contributed by atoms with Crippen molar-refractivity contribution in [2.45, 2.75) is 4.90 Å². The molecule has 0 aromatic heterocycles. The van der Waals surface area contributed by atoms with E-state index in [1.807, 2.05) is 0 Å². The molecular weight excluding hydrogens is 346 g/mol. The molecule has 0 saturated carbocycles. The average molecular weight is 353 g/mol. The Labute approximate surface area is 154 Å². The van der Waals surface area contributed by atoms with Gasteiger partial charge in [-0.2, -0.15) is 0 Å². The molecule has 0 aliphatic heterocycles. The van der Waals surface area contributed by atoms with E-state index >= 15 is 0 Å². The van der Waals surface area contributed by atoms with E-state index in [9.17, 15) is 17.8 Å². The number of benzene rings is 2. The molecule has 4 nitrogen and oxygen atoms in total. The Kier molecular flexibility index (Phi) is 6.43. The van der Waals surface area contributed by atoms with E-state index in [0.717, 1.165) is 12.1 Å². The van der Waals surface area contributed by atoms with Crippen molar-refractivity contribution >= 4 is 39.1 Å². The molecule has 0 fully saturated rings. The van der Waals surface area contributed by atoms with Crippen LogP contribution in [0.2, 0.25) is 10.0 Å². The van der Waals surface area contributed by atoms with Gasteiger partial charge in [-0.1, -0.05) is 35.3 Å². The number of carbonyl (C=O) groups excluding carboxylic acids is 1. The first kappa shape index (κ1) is 18.6. The molecule has 0 saturated heterocycles. The van der Waals surface area contributed by atoms with Gasteiger partial charge in [0.2, 0.25) is 0 Å². The minimum atomic E-state index is -4.66. The smallest absolute Gasteiger partial charge is 0.744 e. The molecule has 104 valence electrons. The van der Waals surface area contributed by atoms with Gasteiger partial charge < -0.3 is 4.55 Å². The number of rotatable bonds is 3. The van der Waals surface area contributed by atoms with Crippen LogP contribution in [-0.4, -0.2) is 18.8 Å². The number of hydrogen-bond acceptors (Lipinski definition) is 4. The van der Waals surface area contributed by atoms with Gasteiger partial charge in [0.05, 0.1) is 9.92 Å². The van der Waals surface area contributed by atoms with Gasteiger partial charge in [-0.3, -0.25) is 4.79 Å². The predicted octanol–water partition coefficient (Wildman–Crippen LogP) is 0.133. The minimum Gasteiger partial charge on any atom is -0.744 e. The first-order chi connectivity index (χ1) is 9.29. The van der Waals surface area contributed by atoms with Crippen LogP contribution in [0, 0.1) is 0 Å². The molecule has 2 aromatic carbocycles. The molecule has 0 radical (unpaired) electrons. The van der Waals surface area contributed by atoms with E-state index in [1.165, 1.54) is 12.1 Å². The fourth-order valence-electron chi connectivity index (χ4n) is 1.64. The molecule has 0 heterocycles. The third kappa shape index (κ3) is 4.53. The number of hydrogen-bond donors (Lipinski definition) is 0. The summed E-state index contributed by atoms with van der Waals surface area (Å²) >= 11 is 11.5. The van der Waals surface area contributed by atoms with Crippen molar-refractivity contribution in [2.75, 3.05) is 0 Å². The summed E-state index contributed by atoms with van der Waals surface area (Å²) in [6.07, 6.45) is 0. The first-order valence-electron chi connectivity index (χ1n) is 5.35. The van der Waals surface area contributed by atoms with Crippen molar-refractivity contribution in [1.82, 2.24) is 0 Å². The Morgan fingerprint density at radius 3 is 2.14 bits per heavy atom. The zero-order chi connectivity index (χ0) is 14.9. The SMILES string of the molecule is O=C(c1cccc(Cl)c1)c1ccc(S(=O)(=O)[O-])c(Cl)c1.[Na+]. The fraction of sp³-hybridized carbons (Fsp3) is 0. The average Bonchev–Trinajstić information content (AvgIpc) is 2.36. The maximum atomic E-state index is 12.2. The van der Waals surface area contributed by atoms with Gasteiger partial charge in [-0.25, -0.2) is 8.42 Å². The van der Waals surface area contributed by atoms with Crippen LogP contribution in [0.1, 0.15) is 15.9 Å². The van der Waals surface area contributed by atoms with Crippen LogP contribution in [0.3, 0.4) is 0 Å². The minimum absolute atomic E-state index is 0. The third-order valence-corrected chi connectivity index (χ3v) is 4.10. The van der Waals surface area contributed by atoms with Gasteiger partial charge in [-0.15, -0.1) is 0 Å². The summed E-state index contributed by atoms with van der Waals surface area (Å²) in [6.45, 7) is 0. The van der Waals surface area contributed by atoms with Gasteiger partial charge in [-0.05, 0) is 30.3 Å². The van der Waals surface area contributed by atoms with Crippen LogP contribution in [0.5, 0.6) is 0 Å². The first-order valence-corrected chi connectivity index (χ1v) is 7.51. The summed E-state index contributed by atoms with van der Waals surface area (Å²) in [5.41, 5.74) is 0.510. The zero-order valence-corrected chi connectivity index (χ0v) is 15.2. The molecule has 0 spiro atoms. The summed E-state index contributed by atoms with van der Waals surface area (Å²) < 4.78 is 32.7. The monoisotopic (exact) mass is 352 g/mol. The van der Waals surface area contributed by atoms with Crippen molar-refractivity contribution < 1.29 is 47.3 Å². The van der Waals surface area contributed by atoms with Crippen molar-refractivity contribution in [1.29, 1.82) is 0 Å². The molecule has 0 N–H and O–H groups in total. The molecule has 0 aliphatic rings. The largest absolute Gasteiger partial charge is 1.00 e. The molecular formula is C13H7Cl2NaO4S. The quantitative estimate of drug-likeness (QED) is 0.447. The molecule has 2 rings (SSSR count). The van der Waals surface area contributed by atoms with E-state index in [0.29, 0.717) is 10.6 Å². The third-order valence-electron chi connectivity index (χ3n) is 2.55. The van der Waals surface area contributed by atoms with Crippen molar-refractivity contribution in [3.63, 3.8) is 0 Å². The Bertz CT molecular complexity index is 791. The fourth-order valence-corrected chi connectivity index (χ4v) is 2.83. The molecule has 0 bridgehead atoms. The van der Waals surface area contributed by atoms with E-state index in [4.69, 9.17) is 23.2 Å². The van der Waals surface area contributed by atoms with Gasteiger partial charge in [0.1, 0.15) is 10.1 Å². The Balaban J connectivity index is 0.00000220. The Morgan fingerprint density at radius 2 is 1.62 bits per heavy atom. The number of carbonyl (C=O) groups is 1.